The van der Waals surface area contributed by atoms with E-state index in [0.717, 1.165) is 38.1 Å². The first-order valence-corrected chi connectivity index (χ1v) is 14.9. The van der Waals surface area contributed by atoms with Gasteiger partial charge >= 0.3 is 0 Å². The highest BCUT2D eigenvalue weighted by Gasteiger charge is 2.23. The van der Waals surface area contributed by atoms with Crippen molar-refractivity contribution in [3.8, 4) is 22.3 Å². The number of benzene rings is 5. The average molecular weight is 607 g/mol. The van der Waals surface area contributed by atoms with E-state index < -0.39 is 0 Å². The number of hydrogen-bond donors (Lipinski definition) is 0. The Morgan fingerprint density at radius 3 is 1.68 bits per heavy atom. The van der Waals surface area contributed by atoms with E-state index in [9.17, 15) is 0 Å². The van der Waals surface area contributed by atoms with Gasteiger partial charge in [-0.1, -0.05) is 136 Å². The van der Waals surface area contributed by atoms with Crippen LogP contribution in [0.4, 0.5) is 21.5 Å². The molecule has 0 saturated heterocycles. The van der Waals surface area contributed by atoms with E-state index in [2.05, 4.69) is 93.9 Å². The van der Waals surface area contributed by atoms with Gasteiger partial charge in [-0.2, -0.15) is 0 Å². The van der Waals surface area contributed by atoms with Gasteiger partial charge in [0.15, 0.2) is 0 Å². The minimum absolute atomic E-state index is 0.0198. The Kier molecular flexibility index (Phi) is 7.94. The second-order valence-corrected chi connectivity index (χ2v) is 13.5. The van der Waals surface area contributed by atoms with Gasteiger partial charge in [-0.3, -0.25) is 0 Å². The molecule has 0 aliphatic rings. The fraction of sp³-hybridized carbons (Fsp3) is 0.211. The van der Waals surface area contributed by atoms with Crippen molar-refractivity contribution < 1.29 is 4.39 Å². The molecule has 0 spiro atoms. The van der Waals surface area contributed by atoms with E-state index in [0.29, 0.717) is 5.69 Å². The highest BCUT2D eigenvalue weighted by Crippen LogP contribution is 2.44. The highest BCUT2D eigenvalue weighted by atomic mass is 79.9. The summed E-state index contributed by atoms with van der Waals surface area (Å²) < 4.78 is 17.4. The molecule has 0 bridgehead atoms. The molecule has 41 heavy (non-hydrogen) atoms. The Morgan fingerprint density at radius 1 is 0.537 bits per heavy atom. The Hall–Kier alpha value is -3.69. The molecular weight excluding hydrogens is 569 g/mol. The summed E-state index contributed by atoms with van der Waals surface area (Å²) >= 11 is 3.73. The third-order valence-electron chi connectivity index (χ3n) is 7.51. The molecule has 0 heterocycles. The van der Waals surface area contributed by atoms with Crippen molar-refractivity contribution in [3.63, 3.8) is 0 Å². The molecule has 0 fully saturated rings. The van der Waals surface area contributed by atoms with Crippen LogP contribution in [-0.4, -0.2) is 0 Å². The topological polar surface area (TPSA) is 3.24 Å². The first kappa shape index (κ1) is 28.8. The lowest BCUT2D eigenvalue weighted by Crippen LogP contribution is -2.16. The van der Waals surface area contributed by atoms with Gasteiger partial charge in [0.2, 0.25) is 0 Å². The van der Waals surface area contributed by atoms with Crippen LogP contribution in [0.15, 0.2) is 120 Å². The fourth-order valence-electron chi connectivity index (χ4n) is 5.09. The van der Waals surface area contributed by atoms with Crippen molar-refractivity contribution in [1.29, 1.82) is 0 Å². The maximum absolute atomic E-state index is 16.4. The van der Waals surface area contributed by atoms with Crippen molar-refractivity contribution in [2.75, 3.05) is 4.90 Å². The van der Waals surface area contributed by atoms with E-state index in [1.807, 2.05) is 77.7 Å². The van der Waals surface area contributed by atoms with Gasteiger partial charge in [0.1, 0.15) is 5.82 Å². The largest absolute Gasteiger partial charge is 0.307 e. The van der Waals surface area contributed by atoms with Crippen molar-refractivity contribution in [2.45, 2.75) is 52.4 Å². The zero-order valence-electron chi connectivity index (χ0n) is 24.7. The van der Waals surface area contributed by atoms with Crippen molar-refractivity contribution in [2.24, 2.45) is 0 Å². The zero-order valence-corrected chi connectivity index (χ0v) is 26.3. The van der Waals surface area contributed by atoms with Gasteiger partial charge in [-0.05, 0) is 75.0 Å². The summed E-state index contributed by atoms with van der Waals surface area (Å²) in [5.74, 6) is -0.272. The van der Waals surface area contributed by atoms with Crippen LogP contribution in [0.25, 0.3) is 22.3 Å². The lowest BCUT2D eigenvalue weighted by atomic mass is 9.79. The maximum Gasteiger partial charge on any atom is 0.147 e. The SMILES string of the molecule is CC(C)(C)c1cc(-c2ccc(N(c3ccccc3)c3ccccc3-c3ccccc3Br)c(F)c2)cc(C(C)(C)C)c1. The number of hydrogen-bond acceptors (Lipinski definition) is 1. The van der Waals surface area contributed by atoms with E-state index >= 15 is 4.39 Å². The van der Waals surface area contributed by atoms with Crippen molar-refractivity contribution >= 4 is 33.0 Å². The number of nitrogens with zero attached hydrogens (tertiary/aromatic N) is 1. The van der Waals surface area contributed by atoms with Crippen LogP contribution in [0.1, 0.15) is 52.7 Å². The van der Waals surface area contributed by atoms with Gasteiger partial charge in [-0.15, -0.1) is 0 Å². The summed E-state index contributed by atoms with van der Waals surface area (Å²) in [6, 6.07) is 38.7. The van der Waals surface area contributed by atoms with Gasteiger partial charge in [0.25, 0.3) is 0 Å². The predicted molar refractivity (Wildman–Crippen MR) is 177 cm³/mol. The Morgan fingerprint density at radius 2 is 1.10 bits per heavy atom. The molecule has 0 N–H and O–H groups in total. The molecule has 5 aromatic carbocycles. The second-order valence-electron chi connectivity index (χ2n) is 12.6. The third-order valence-corrected chi connectivity index (χ3v) is 8.20. The van der Waals surface area contributed by atoms with Crippen molar-refractivity contribution in [1.82, 2.24) is 0 Å². The van der Waals surface area contributed by atoms with E-state index in [1.54, 1.807) is 6.07 Å². The summed E-state index contributed by atoms with van der Waals surface area (Å²) in [5, 5.41) is 0. The smallest absolute Gasteiger partial charge is 0.147 e. The van der Waals surface area contributed by atoms with Crippen LogP contribution in [0.5, 0.6) is 0 Å². The minimum atomic E-state index is -0.272. The molecule has 0 saturated carbocycles. The van der Waals surface area contributed by atoms with Gasteiger partial charge < -0.3 is 4.90 Å². The second kappa shape index (κ2) is 11.3. The van der Waals surface area contributed by atoms with E-state index in [4.69, 9.17) is 0 Å². The Bertz CT molecular complexity index is 1640. The molecule has 0 amide bonds. The quantitative estimate of drug-likeness (QED) is 0.192. The van der Waals surface area contributed by atoms with Gasteiger partial charge in [-0.25, -0.2) is 4.39 Å². The molecule has 5 rings (SSSR count). The first-order chi connectivity index (χ1) is 19.4. The molecule has 0 atom stereocenters. The van der Waals surface area contributed by atoms with Crippen LogP contribution in [0, 0.1) is 5.82 Å². The number of rotatable bonds is 5. The van der Waals surface area contributed by atoms with E-state index in [-0.39, 0.29) is 16.6 Å². The van der Waals surface area contributed by atoms with E-state index in [1.165, 1.54) is 11.1 Å². The summed E-state index contributed by atoms with van der Waals surface area (Å²) in [6.45, 7) is 13.3. The molecule has 0 unspecified atom stereocenters. The zero-order chi connectivity index (χ0) is 29.4. The normalized spacial score (nSPS) is 11.9. The van der Waals surface area contributed by atoms with Crippen LogP contribution in [0.3, 0.4) is 0 Å². The molecule has 1 nitrogen and oxygen atoms in total. The molecule has 0 aromatic heterocycles. The third kappa shape index (κ3) is 6.16. The number of para-hydroxylation sites is 2. The average Bonchev–Trinajstić information content (AvgIpc) is 2.94. The van der Waals surface area contributed by atoms with Crippen LogP contribution in [0.2, 0.25) is 0 Å². The molecule has 5 aromatic rings. The first-order valence-electron chi connectivity index (χ1n) is 14.1. The standard InChI is InChI=1S/C38H37BrFN/c1-37(2,3)28-22-27(23-29(25-28)38(4,5)6)26-20-21-36(34(40)24-26)41(30-14-8-7-9-15-30)35-19-13-11-17-32(35)31-16-10-12-18-33(31)39/h7-25H,1-6H3. The minimum Gasteiger partial charge on any atom is -0.307 e. The Labute approximate surface area is 252 Å². The molecule has 0 radical (unpaired) electrons. The maximum atomic E-state index is 16.4. The van der Waals surface area contributed by atoms with Gasteiger partial charge in [0, 0.05) is 15.7 Å². The summed E-state index contributed by atoms with van der Waals surface area (Å²) in [5.41, 5.74) is 8.72. The lowest BCUT2D eigenvalue weighted by Gasteiger charge is -2.29. The lowest BCUT2D eigenvalue weighted by molar-refractivity contribution is 0.569. The molecule has 208 valence electrons. The van der Waals surface area contributed by atoms with Gasteiger partial charge in [0.05, 0.1) is 11.4 Å². The molecule has 3 heteroatoms. The summed E-state index contributed by atoms with van der Waals surface area (Å²) in [6.07, 6.45) is 0. The predicted octanol–water partition coefficient (Wildman–Crippen LogP) is 12.0. The highest BCUT2D eigenvalue weighted by molar-refractivity contribution is 9.10. The molecular formula is C38H37BrFN. The molecule has 0 aliphatic heterocycles. The number of anilines is 3. The molecule has 0 aliphatic carbocycles. The van der Waals surface area contributed by atoms with Crippen LogP contribution in [-0.2, 0) is 10.8 Å². The van der Waals surface area contributed by atoms with Crippen molar-refractivity contribution in [3.05, 3.63) is 137 Å². The fourth-order valence-corrected chi connectivity index (χ4v) is 5.59. The van der Waals surface area contributed by atoms with Crippen LogP contribution >= 0.6 is 15.9 Å². The monoisotopic (exact) mass is 605 g/mol. The Balaban J connectivity index is 1.68. The summed E-state index contributed by atoms with van der Waals surface area (Å²) in [7, 11) is 0. The van der Waals surface area contributed by atoms with Crippen LogP contribution < -0.4 is 4.90 Å². The summed E-state index contributed by atoms with van der Waals surface area (Å²) in [4.78, 5) is 2.01. The number of halogens is 2.